The van der Waals surface area contributed by atoms with Crippen LogP contribution in [0.15, 0.2) is 60.8 Å². The van der Waals surface area contributed by atoms with Gasteiger partial charge in [0.25, 0.3) is 0 Å². The number of aromatic amines is 1. The van der Waals surface area contributed by atoms with Crippen molar-refractivity contribution in [3.63, 3.8) is 0 Å². The van der Waals surface area contributed by atoms with Gasteiger partial charge in [-0.05, 0) is 29.0 Å². The van der Waals surface area contributed by atoms with Crippen LogP contribution >= 0.6 is 12.4 Å². The number of nitrogens with two attached hydrogens (primary N) is 1. The highest BCUT2D eigenvalue weighted by atomic mass is 35.5. The Hall–Kier alpha value is -2.10. The van der Waals surface area contributed by atoms with Gasteiger partial charge in [0.2, 0.25) is 0 Å². The van der Waals surface area contributed by atoms with Crippen LogP contribution in [0.1, 0.15) is 50.4 Å². The maximum absolute atomic E-state index is 6.42. The molecule has 1 fully saturated rings. The van der Waals surface area contributed by atoms with Crippen LogP contribution in [0.4, 0.5) is 0 Å². The molecule has 0 spiro atoms. The summed E-state index contributed by atoms with van der Waals surface area (Å²) in [6.45, 7) is 0. The number of hydrogen-bond donors (Lipinski definition) is 2. The van der Waals surface area contributed by atoms with Crippen molar-refractivity contribution in [2.75, 3.05) is 0 Å². The summed E-state index contributed by atoms with van der Waals surface area (Å²) in [5.41, 5.74) is 11.1. The van der Waals surface area contributed by atoms with E-state index < -0.39 is 0 Å². The van der Waals surface area contributed by atoms with Gasteiger partial charge >= 0.3 is 0 Å². The Kier molecular flexibility index (Phi) is 6.70. The molecule has 0 aliphatic heterocycles. The zero-order valence-electron chi connectivity index (χ0n) is 15.6. The molecule has 0 saturated heterocycles. The second-order valence-corrected chi connectivity index (χ2v) is 7.47. The fourth-order valence-corrected chi connectivity index (χ4v) is 4.04. The van der Waals surface area contributed by atoms with Crippen molar-refractivity contribution >= 4 is 12.4 Å². The van der Waals surface area contributed by atoms with Crippen LogP contribution in [0.25, 0.3) is 22.4 Å². The summed E-state index contributed by atoms with van der Waals surface area (Å²) in [4.78, 5) is 8.00. The minimum absolute atomic E-state index is 0. The molecule has 27 heavy (non-hydrogen) atoms. The molecular weight excluding hydrogens is 354 g/mol. The number of nitrogens with one attached hydrogen (secondary N) is 1. The quantitative estimate of drug-likeness (QED) is 0.558. The predicted molar refractivity (Wildman–Crippen MR) is 115 cm³/mol. The largest absolute Gasteiger partial charge is 0.341 e. The maximum Gasteiger partial charge on any atom is 0.123 e. The van der Waals surface area contributed by atoms with E-state index in [1.54, 1.807) is 0 Å². The Bertz CT molecular complexity index is 820. The number of rotatable bonds is 5. The summed E-state index contributed by atoms with van der Waals surface area (Å²) < 4.78 is 0. The van der Waals surface area contributed by atoms with Crippen molar-refractivity contribution in [1.29, 1.82) is 0 Å². The topological polar surface area (TPSA) is 54.7 Å². The summed E-state index contributed by atoms with van der Waals surface area (Å²) in [6.07, 6.45) is 9.69. The normalized spacial score (nSPS) is 15.9. The van der Waals surface area contributed by atoms with Crippen LogP contribution in [0, 0.1) is 5.92 Å². The lowest BCUT2D eigenvalue weighted by molar-refractivity contribution is 0.316. The van der Waals surface area contributed by atoms with Gasteiger partial charge in [-0.2, -0.15) is 0 Å². The van der Waals surface area contributed by atoms with Crippen LogP contribution < -0.4 is 5.73 Å². The van der Waals surface area contributed by atoms with Gasteiger partial charge in [0, 0.05) is 0 Å². The van der Waals surface area contributed by atoms with E-state index in [0.29, 0.717) is 0 Å². The number of halogens is 1. The molecule has 1 atom stereocenters. The molecule has 1 saturated carbocycles. The highest BCUT2D eigenvalue weighted by molar-refractivity contribution is 5.85. The molecule has 2 aromatic carbocycles. The van der Waals surface area contributed by atoms with Crippen molar-refractivity contribution in [1.82, 2.24) is 9.97 Å². The van der Waals surface area contributed by atoms with Gasteiger partial charge < -0.3 is 10.7 Å². The molecule has 0 amide bonds. The Morgan fingerprint density at radius 2 is 1.52 bits per heavy atom. The average Bonchev–Trinajstić information content (AvgIpc) is 3.20. The first kappa shape index (κ1) is 19.7. The molecule has 0 bridgehead atoms. The van der Waals surface area contributed by atoms with E-state index >= 15 is 0 Å². The van der Waals surface area contributed by atoms with Gasteiger partial charge in [-0.1, -0.05) is 86.7 Å². The summed E-state index contributed by atoms with van der Waals surface area (Å²) in [6, 6.07) is 19.1. The van der Waals surface area contributed by atoms with Gasteiger partial charge in [0.15, 0.2) is 0 Å². The van der Waals surface area contributed by atoms with Crippen LogP contribution in [0.3, 0.4) is 0 Å². The molecule has 1 aromatic heterocycles. The summed E-state index contributed by atoms with van der Waals surface area (Å²) in [5.74, 6) is 1.68. The van der Waals surface area contributed by atoms with E-state index in [2.05, 4.69) is 58.5 Å². The number of benzene rings is 2. The standard InChI is InChI=1S/C23H27N3.ClH/c24-21(15-17-7-3-1-4-8-17)23-25-16-22(26-23)20-13-11-19(12-14-20)18-9-5-2-6-10-18;/h2,5-6,9-14,16-17,21H,1,3-4,7-8,15,24H2,(H,25,26);1H/t21-;/m1./s1. The van der Waals surface area contributed by atoms with Crippen molar-refractivity contribution in [3.05, 3.63) is 66.6 Å². The molecule has 3 nitrogen and oxygen atoms in total. The molecule has 4 rings (SSSR count). The van der Waals surface area contributed by atoms with E-state index in [9.17, 15) is 0 Å². The van der Waals surface area contributed by atoms with Gasteiger partial charge in [0.05, 0.1) is 17.9 Å². The fraction of sp³-hybridized carbons (Fsp3) is 0.348. The summed E-state index contributed by atoms with van der Waals surface area (Å²) >= 11 is 0. The lowest BCUT2D eigenvalue weighted by Gasteiger charge is -2.23. The van der Waals surface area contributed by atoms with E-state index in [4.69, 9.17) is 5.73 Å². The van der Waals surface area contributed by atoms with Gasteiger partial charge in [-0.25, -0.2) is 4.98 Å². The third kappa shape index (κ3) is 4.79. The van der Waals surface area contributed by atoms with E-state index in [1.807, 2.05) is 12.3 Å². The number of aromatic nitrogens is 2. The van der Waals surface area contributed by atoms with Gasteiger partial charge in [-0.3, -0.25) is 0 Å². The summed E-state index contributed by atoms with van der Waals surface area (Å²) in [7, 11) is 0. The molecule has 3 aromatic rings. The third-order valence-electron chi connectivity index (χ3n) is 5.56. The Morgan fingerprint density at radius 3 is 2.22 bits per heavy atom. The first-order valence-corrected chi connectivity index (χ1v) is 9.76. The minimum atomic E-state index is 0. The number of hydrogen-bond acceptors (Lipinski definition) is 2. The summed E-state index contributed by atoms with van der Waals surface area (Å²) in [5, 5.41) is 0. The lowest BCUT2D eigenvalue weighted by atomic mass is 9.85. The zero-order valence-corrected chi connectivity index (χ0v) is 16.4. The van der Waals surface area contributed by atoms with E-state index in [0.717, 1.165) is 29.4 Å². The van der Waals surface area contributed by atoms with Crippen LogP contribution in [0.5, 0.6) is 0 Å². The molecule has 1 heterocycles. The molecule has 0 radical (unpaired) electrons. The Labute approximate surface area is 167 Å². The molecule has 1 aliphatic rings. The van der Waals surface area contributed by atoms with Crippen LogP contribution in [-0.2, 0) is 0 Å². The van der Waals surface area contributed by atoms with E-state index in [1.165, 1.54) is 43.2 Å². The van der Waals surface area contributed by atoms with Crippen LogP contribution in [-0.4, -0.2) is 9.97 Å². The molecule has 0 unspecified atom stereocenters. The highest BCUT2D eigenvalue weighted by Gasteiger charge is 2.19. The average molecular weight is 382 g/mol. The zero-order chi connectivity index (χ0) is 17.8. The van der Waals surface area contributed by atoms with Crippen molar-refractivity contribution in [2.24, 2.45) is 11.7 Å². The molecule has 142 valence electrons. The second-order valence-electron chi connectivity index (χ2n) is 7.47. The molecule has 4 heteroatoms. The molecular formula is C23H28ClN3. The molecule has 3 N–H and O–H groups in total. The number of imidazole rings is 1. The first-order chi connectivity index (χ1) is 12.8. The lowest BCUT2D eigenvalue weighted by Crippen LogP contribution is -2.18. The predicted octanol–water partition coefficient (Wildman–Crippen LogP) is 6.14. The first-order valence-electron chi connectivity index (χ1n) is 9.76. The van der Waals surface area contributed by atoms with Gasteiger partial charge in [-0.15, -0.1) is 12.4 Å². The number of H-pyrrole nitrogens is 1. The van der Waals surface area contributed by atoms with Crippen molar-refractivity contribution < 1.29 is 0 Å². The third-order valence-corrected chi connectivity index (χ3v) is 5.56. The highest BCUT2D eigenvalue weighted by Crippen LogP contribution is 2.31. The minimum Gasteiger partial charge on any atom is -0.341 e. The van der Waals surface area contributed by atoms with Gasteiger partial charge in [0.1, 0.15) is 5.82 Å². The Balaban J connectivity index is 0.00000210. The monoisotopic (exact) mass is 381 g/mol. The molecule has 1 aliphatic carbocycles. The van der Waals surface area contributed by atoms with E-state index in [-0.39, 0.29) is 18.4 Å². The SMILES string of the molecule is Cl.N[C@H](CC1CCCCC1)c1ncc(-c2ccc(-c3ccccc3)cc2)[nH]1. The van der Waals surface area contributed by atoms with Crippen molar-refractivity contribution in [3.8, 4) is 22.4 Å². The Morgan fingerprint density at radius 1 is 0.889 bits per heavy atom. The maximum atomic E-state index is 6.42. The second kappa shape index (κ2) is 9.20. The van der Waals surface area contributed by atoms with Crippen LogP contribution in [0.2, 0.25) is 0 Å². The smallest absolute Gasteiger partial charge is 0.123 e. The van der Waals surface area contributed by atoms with Crippen molar-refractivity contribution in [2.45, 2.75) is 44.6 Å². The number of nitrogens with zero attached hydrogens (tertiary/aromatic N) is 1. The fourth-order valence-electron chi connectivity index (χ4n) is 4.04.